The molecule has 0 atom stereocenters. The number of nitrogens with zero attached hydrogens (tertiary/aromatic N) is 2. The summed E-state index contributed by atoms with van der Waals surface area (Å²) >= 11 is 0. The van der Waals surface area contributed by atoms with Crippen LogP contribution in [0.4, 0.5) is 34.1 Å². The molecule has 22 rings (SSSR count). The monoisotopic (exact) mass is 1530 g/mol. The minimum atomic E-state index is 0.902. The fourth-order valence-corrected chi connectivity index (χ4v) is 17.6. The van der Waals surface area contributed by atoms with Gasteiger partial charge in [0, 0.05) is 66.4 Å². The van der Waals surface area contributed by atoms with Crippen LogP contribution < -0.4 is 9.80 Å². The highest BCUT2D eigenvalue weighted by Gasteiger charge is 2.24. The predicted octanol–water partition coefficient (Wildman–Crippen LogP) is 33.1. The Morgan fingerprint density at radius 3 is 0.942 bits per heavy atom. The number of fused-ring (bicyclic) bond motifs is 8. The Labute approximate surface area is 697 Å². The molecular weight excluding hydrogens is 1450 g/mol. The Morgan fingerprint density at radius 1 is 0.142 bits per heavy atom. The average molecular weight is 1530 g/mol. The van der Waals surface area contributed by atoms with Crippen molar-refractivity contribution in [2.45, 2.75) is 0 Å². The van der Waals surface area contributed by atoms with E-state index in [1.165, 1.54) is 66.1 Å². The number of anilines is 6. The molecule has 0 bridgehead atoms. The number of furan rings is 2. The number of rotatable bonds is 16. The second-order valence-electron chi connectivity index (χ2n) is 30.5. The molecule has 0 N–H and O–H groups in total. The van der Waals surface area contributed by atoms with Gasteiger partial charge in [-0.05, 0) is 196 Å². The van der Waals surface area contributed by atoms with Crippen molar-refractivity contribution in [3.63, 3.8) is 0 Å². The van der Waals surface area contributed by atoms with E-state index in [4.69, 9.17) is 8.83 Å². The molecule has 0 amide bonds. The van der Waals surface area contributed by atoms with E-state index in [0.29, 0.717) is 0 Å². The van der Waals surface area contributed by atoms with Crippen molar-refractivity contribution in [2.24, 2.45) is 0 Å². The molecule has 0 aliphatic carbocycles. The summed E-state index contributed by atoms with van der Waals surface area (Å²) in [4.78, 5) is 4.78. The summed E-state index contributed by atoms with van der Waals surface area (Å²) in [5.41, 5.74) is 33.4. The van der Waals surface area contributed by atoms with E-state index in [1.807, 2.05) is 24.3 Å². The fraction of sp³-hybridized carbons (Fsp3) is 0. The largest absolute Gasteiger partial charge is 0.455 e. The summed E-state index contributed by atoms with van der Waals surface area (Å²) in [5, 5.41) is 9.41. The van der Waals surface area contributed by atoms with E-state index < -0.39 is 0 Å². The third-order valence-electron chi connectivity index (χ3n) is 23.4. The molecular formula is C116H78N2O2. The van der Waals surface area contributed by atoms with Gasteiger partial charge in [-0.1, -0.05) is 388 Å². The maximum Gasteiger partial charge on any atom is 0.143 e. The summed E-state index contributed by atoms with van der Waals surface area (Å²) in [5.74, 6) is 0. The first-order chi connectivity index (χ1) is 59.5. The fourth-order valence-electron chi connectivity index (χ4n) is 17.6. The second-order valence-corrected chi connectivity index (χ2v) is 30.5. The van der Waals surface area contributed by atoms with Gasteiger partial charge in [0.15, 0.2) is 0 Å². The van der Waals surface area contributed by atoms with Crippen LogP contribution in [0.2, 0.25) is 0 Å². The number of benzene rings is 20. The molecule has 4 heteroatoms. The van der Waals surface area contributed by atoms with Gasteiger partial charge in [0.05, 0.1) is 11.4 Å². The lowest BCUT2D eigenvalue weighted by Crippen LogP contribution is -2.11. The zero-order chi connectivity index (χ0) is 79.7. The molecule has 0 aliphatic heterocycles. The quantitative estimate of drug-likeness (QED) is 0.0965. The topological polar surface area (TPSA) is 32.8 Å². The normalized spacial score (nSPS) is 11.3. The van der Waals surface area contributed by atoms with Gasteiger partial charge in [0.2, 0.25) is 0 Å². The van der Waals surface area contributed by atoms with Crippen molar-refractivity contribution in [1.82, 2.24) is 0 Å². The molecule has 4 nitrogen and oxygen atoms in total. The molecule has 0 saturated carbocycles. The lowest BCUT2D eigenvalue weighted by Gasteiger charge is -2.28. The Balaban J connectivity index is 0.000000148. The van der Waals surface area contributed by atoms with Crippen LogP contribution in [0.15, 0.2) is 482 Å². The van der Waals surface area contributed by atoms with E-state index in [0.717, 1.165) is 145 Å². The Bertz CT molecular complexity index is 7470. The molecule has 2 aromatic heterocycles. The Kier molecular flexibility index (Phi) is 19.0. The number of hydrogen-bond acceptors (Lipinski definition) is 4. The summed E-state index contributed by atoms with van der Waals surface area (Å²) in [6, 6.07) is 170. The summed E-state index contributed by atoms with van der Waals surface area (Å²) in [6.45, 7) is 0. The minimum absolute atomic E-state index is 0.902. The van der Waals surface area contributed by atoms with Crippen LogP contribution in [-0.2, 0) is 0 Å². The summed E-state index contributed by atoms with van der Waals surface area (Å²) in [7, 11) is 0. The zero-order valence-electron chi connectivity index (χ0n) is 65.7. The maximum atomic E-state index is 6.54. The van der Waals surface area contributed by atoms with E-state index >= 15 is 0 Å². The van der Waals surface area contributed by atoms with Gasteiger partial charge in [0.25, 0.3) is 0 Å². The molecule has 0 radical (unpaired) electrons. The van der Waals surface area contributed by atoms with Gasteiger partial charge in [-0.3, -0.25) is 0 Å². The van der Waals surface area contributed by atoms with E-state index in [2.05, 4.69) is 459 Å². The average Bonchev–Trinajstić information content (AvgIpc) is 1.63. The van der Waals surface area contributed by atoms with Crippen molar-refractivity contribution in [2.75, 3.05) is 9.80 Å². The maximum absolute atomic E-state index is 6.54. The van der Waals surface area contributed by atoms with E-state index in [-0.39, 0.29) is 0 Å². The first-order valence-electron chi connectivity index (χ1n) is 41.0. The van der Waals surface area contributed by atoms with Crippen LogP contribution >= 0.6 is 0 Å². The van der Waals surface area contributed by atoms with Gasteiger partial charge in [-0.15, -0.1) is 0 Å². The molecule has 0 unspecified atom stereocenters. The van der Waals surface area contributed by atoms with Crippen molar-refractivity contribution >= 4 is 99.5 Å². The van der Waals surface area contributed by atoms with Crippen molar-refractivity contribution in [3.8, 4) is 111 Å². The smallest absolute Gasteiger partial charge is 0.143 e. The highest BCUT2D eigenvalue weighted by atomic mass is 16.3. The predicted molar refractivity (Wildman–Crippen MR) is 506 cm³/mol. The first kappa shape index (κ1) is 71.9. The van der Waals surface area contributed by atoms with Gasteiger partial charge in [-0.2, -0.15) is 0 Å². The van der Waals surface area contributed by atoms with Gasteiger partial charge in [-0.25, -0.2) is 0 Å². The lowest BCUT2D eigenvalue weighted by atomic mass is 9.90. The molecule has 0 spiro atoms. The minimum Gasteiger partial charge on any atom is -0.455 e. The van der Waals surface area contributed by atoms with Crippen LogP contribution in [0.3, 0.4) is 0 Å². The molecule has 120 heavy (non-hydrogen) atoms. The summed E-state index contributed by atoms with van der Waals surface area (Å²) < 4.78 is 13.1. The van der Waals surface area contributed by atoms with Crippen molar-refractivity contribution < 1.29 is 8.83 Å². The molecule has 0 fully saturated rings. The number of hydrogen-bond donors (Lipinski definition) is 0. The van der Waals surface area contributed by atoms with Crippen LogP contribution in [0.1, 0.15) is 0 Å². The molecule has 0 aliphatic rings. The van der Waals surface area contributed by atoms with Crippen molar-refractivity contribution in [3.05, 3.63) is 473 Å². The van der Waals surface area contributed by atoms with Crippen molar-refractivity contribution in [1.29, 1.82) is 0 Å². The van der Waals surface area contributed by atoms with Gasteiger partial charge in [0.1, 0.15) is 22.3 Å². The highest BCUT2D eigenvalue weighted by molar-refractivity contribution is 6.13. The van der Waals surface area contributed by atoms with Crippen LogP contribution in [-0.4, -0.2) is 0 Å². The number of para-hydroxylation sites is 5. The van der Waals surface area contributed by atoms with Gasteiger partial charge < -0.3 is 18.6 Å². The zero-order valence-corrected chi connectivity index (χ0v) is 65.7. The van der Waals surface area contributed by atoms with Crippen LogP contribution in [0.5, 0.6) is 0 Å². The molecule has 2 heterocycles. The molecule has 20 aromatic carbocycles. The third-order valence-corrected chi connectivity index (χ3v) is 23.4. The Hall–Kier alpha value is -15.9. The van der Waals surface area contributed by atoms with Crippen LogP contribution in [0.25, 0.3) is 177 Å². The standard InChI is InChI=1S/2C58H39NO/c1-4-16-41(17-5-1)48-37-35-47(39-55(48)44-20-8-3-9-21-44)59(56-28-14-23-42-22-10-11-24-49(42)56)46-33-30-40(31-34-46)45-32-36-50(54(38-45)43-18-6-2-7-19-43)52-26-15-27-53-51-25-12-13-29-57(51)60-58(52)53;1-3-15-42(16-4-1)50-22-9-11-27-56(50)59(47-36-31-44(32-37-47)49-24-13-20-41-19-7-8-21-48(41)49)46-34-29-40(30-35-46)45-33-38-51(55(39-45)43-17-5-2-6-18-43)53-25-14-26-54-52-23-10-12-28-57(52)60-58(53)54/h2*1-39H. The van der Waals surface area contributed by atoms with E-state index in [1.54, 1.807) is 0 Å². The van der Waals surface area contributed by atoms with Crippen LogP contribution in [0, 0.1) is 0 Å². The first-order valence-corrected chi connectivity index (χ1v) is 41.0. The lowest BCUT2D eigenvalue weighted by molar-refractivity contribution is 0.669. The highest BCUT2D eigenvalue weighted by Crippen LogP contribution is 2.49. The second kappa shape index (κ2) is 31.7. The SMILES string of the molecule is c1ccc(-c2cc(-c3ccc(N(c4ccc(-c5cccc6ccccc56)cc4)c4ccccc4-c4ccccc4)cc3)ccc2-c2cccc3c2oc2ccccc23)cc1.c1ccc(-c2ccc(N(c3ccc(-c4ccc(-c5cccc6c5oc5ccccc56)c(-c5ccccc5)c4)cc3)c3cccc4ccccc34)cc2-c2ccccc2)cc1. The van der Waals surface area contributed by atoms with E-state index in [9.17, 15) is 0 Å². The molecule has 564 valence electrons. The Morgan fingerprint density at radius 2 is 0.442 bits per heavy atom. The third kappa shape index (κ3) is 13.7. The molecule has 0 saturated heterocycles. The summed E-state index contributed by atoms with van der Waals surface area (Å²) in [6.07, 6.45) is 0. The molecule has 22 aromatic rings. The van der Waals surface area contributed by atoms with Gasteiger partial charge >= 0.3 is 0 Å².